The molecule has 0 spiro atoms. The number of methoxy groups -OCH3 is 1. The standard InChI is InChI=1S/C23H37N7O/c1-16(2)20-15-26-30-21(20)28(13-12-27-10-5-6-11-27)22(24)29(23(30)25)17(3)18-8-7-9-19(14-18)31-4/h7-9,14-17,22-23H,5-6,10-13,24-25H2,1-4H3. The van der Waals surface area contributed by atoms with E-state index in [0.29, 0.717) is 5.92 Å². The summed E-state index contributed by atoms with van der Waals surface area (Å²) in [6, 6.07) is 8.10. The van der Waals surface area contributed by atoms with Crippen LogP contribution in [0.2, 0.25) is 0 Å². The lowest BCUT2D eigenvalue weighted by Crippen LogP contribution is -2.64. The molecule has 0 saturated carbocycles. The molecule has 4 rings (SSSR count). The fraction of sp³-hybridized carbons (Fsp3) is 0.609. The Balaban J connectivity index is 1.68. The van der Waals surface area contributed by atoms with E-state index in [4.69, 9.17) is 21.3 Å². The van der Waals surface area contributed by atoms with Crippen molar-refractivity contribution in [3.8, 4) is 5.75 Å². The van der Waals surface area contributed by atoms with E-state index in [2.05, 4.69) is 47.6 Å². The van der Waals surface area contributed by atoms with Crippen molar-refractivity contribution in [2.45, 2.75) is 58.2 Å². The van der Waals surface area contributed by atoms with Crippen LogP contribution in [0.4, 0.5) is 5.82 Å². The summed E-state index contributed by atoms with van der Waals surface area (Å²) in [4.78, 5) is 6.95. The fourth-order valence-corrected chi connectivity index (χ4v) is 4.86. The van der Waals surface area contributed by atoms with Gasteiger partial charge in [-0.25, -0.2) is 9.58 Å². The quantitative estimate of drug-likeness (QED) is 0.702. The van der Waals surface area contributed by atoms with Gasteiger partial charge in [0.25, 0.3) is 0 Å². The number of benzene rings is 1. The van der Waals surface area contributed by atoms with Crippen molar-refractivity contribution < 1.29 is 4.74 Å². The zero-order valence-corrected chi connectivity index (χ0v) is 19.2. The SMILES string of the molecule is COc1cccc(C(C)N2C(N)N(CCN3CCCC3)c3c(C(C)C)cnn3C2N)c1. The minimum Gasteiger partial charge on any atom is -0.497 e. The molecule has 0 amide bonds. The van der Waals surface area contributed by atoms with E-state index < -0.39 is 6.29 Å². The highest BCUT2D eigenvalue weighted by molar-refractivity contribution is 5.51. The second-order valence-electron chi connectivity index (χ2n) is 8.99. The summed E-state index contributed by atoms with van der Waals surface area (Å²) >= 11 is 0. The number of likely N-dealkylation sites (tertiary alicyclic amines) is 1. The molecule has 3 unspecified atom stereocenters. The van der Waals surface area contributed by atoms with Crippen molar-refractivity contribution in [2.24, 2.45) is 11.5 Å². The molecule has 4 N–H and O–H groups in total. The van der Waals surface area contributed by atoms with Crippen LogP contribution in [-0.4, -0.2) is 59.2 Å². The molecule has 2 aromatic rings. The summed E-state index contributed by atoms with van der Waals surface area (Å²) in [5.41, 5.74) is 16.0. The van der Waals surface area contributed by atoms with E-state index in [1.54, 1.807) is 7.11 Å². The summed E-state index contributed by atoms with van der Waals surface area (Å²) in [5.74, 6) is 2.24. The third kappa shape index (κ3) is 4.17. The van der Waals surface area contributed by atoms with Crippen LogP contribution in [0.15, 0.2) is 30.5 Å². The first kappa shape index (κ1) is 22.1. The van der Waals surface area contributed by atoms with Crippen LogP contribution in [0.25, 0.3) is 0 Å². The molecular formula is C23H37N7O. The van der Waals surface area contributed by atoms with Gasteiger partial charge < -0.3 is 14.5 Å². The van der Waals surface area contributed by atoms with Crippen molar-refractivity contribution in [1.82, 2.24) is 19.6 Å². The molecule has 0 bridgehead atoms. The molecule has 2 aliphatic heterocycles. The monoisotopic (exact) mass is 427 g/mol. The third-order valence-electron chi connectivity index (χ3n) is 6.75. The van der Waals surface area contributed by atoms with Crippen LogP contribution in [0, 0.1) is 0 Å². The molecule has 8 nitrogen and oxygen atoms in total. The van der Waals surface area contributed by atoms with Gasteiger partial charge in [0.05, 0.1) is 13.3 Å². The molecule has 170 valence electrons. The first-order valence-corrected chi connectivity index (χ1v) is 11.4. The molecule has 1 aromatic heterocycles. The molecule has 1 saturated heterocycles. The highest BCUT2D eigenvalue weighted by Gasteiger charge is 2.41. The maximum Gasteiger partial charge on any atom is 0.160 e. The molecular weight excluding hydrogens is 390 g/mol. The van der Waals surface area contributed by atoms with Gasteiger partial charge in [0.15, 0.2) is 6.29 Å². The molecule has 8 heteroatoms. The van der Waals surface area contributed by atoms with E-state index in [1.807, 2.05) is 23.0 Å². The van der Waals surface area contributed by atoms with E-state index in [0.717, 1.165) is 30.2 Å². The smallest absolute Gasteiger partial charge is 0.160 e. The number of hydrogen-bond donors (Lipinski definition) is 2. The average Bonchev–Trinajstić information content (AvgIpc) is 3.44. The van der Waals surface area contributed by atoms with Crippen LogP contribution >= 0.6 is 0 Å². The normalized spacial score (nSPS) is 23.4. The minimum absolute atomic E-state index is 0.00534. The molecule has 1 aromatic carbocycles. The number of anilines is 1. The van der Waals surface area contributed by atoms with Gasteiger partial charge in [-0.05, 0) is 56.5 Å². The number of nitrogens with zero attached hydrogens (tertiary/aromatic N) is 5. The van der Waals surface area contributed by atoms with Crippen molar-refractivity contribution in [1.29, 1.82) is 0 Å². The highest BCUT2D eigenvalue weighted by Crippen LogP contribution is 2.39. The third-order valence-corrected chi connectivity index (χ3v) is 6.75. The number of rotatable bonds is 7. The Morgan fingerprint density at radius 2 is 1.84 bits per heavy atom. The first-order chi connectivity index (χ1) is 14.9. The molecule has 1 fully saturated rings. The fourth-order valence-electron chi connectivity index (χ4n) is 4.86. The Labute approximate surface area is 185 Å². The number of ether oxygens (including phenoxy) is 1. The van der Waals surface area contributed by atoms with Crippen LogP contribution in [-0.2, 0) is 0 Å². The Bertz CT molecular complexity index is 877. The Morgan fingerprint density at radius 3 is 2.52 bits per heavy atom. The molecule has 0 radical (unpaired) electrons. The lowest BCUT2D eigenvalue weighted by Gasteiger charge is -2.49. The topological polar surface area (TPSA) is 88.8 Å². The Hall–Kier alpha value is -2.13. The molecule has 3 heterocycles. The first-order valence-electron chi connectivity index (χ1n) is 11.4. The Morgan fingerprint density at radius 1 is 1.10 bits per heavy atom. The zero-order chi connectivity index (χ0) is 22.1. The second kappa shape index (κ2) is 9.16. The summed E-state index contributed by atoms with van der Waals surface area (Å²) < 4.78 is 7.38. The molecule has 2 aliphatic rings. The zero-order valence-electron chi connectivity index (χ0n) is 19.2. The largest absolute Gasteiger partial charge is 0.497 e. The lowest BCUT2D eigenvalue weighted by molar-refractivity contribution is 0.0221. The summed E-state index contributed by atoms with van der Waals surface area (Å²) in [5, 5.41) is 4.70. The van der Waals surface area contributed by atoms with E-state index >= 15 is 0 Å². The van der Waals surface area contributed by atoms with E-state index in [-0.39, 0.29) is 12.3 Å². The minimum atomic E-state index is -0.443. The van der Waals surface area contributed by atoms with Crippen molar-refractivity contribution in [3.63, 3.8) is 0 Å². The van der Waals surface area contributed by atoms with Crippen LogP contribution in [0.3, 0.4) is 0 Å². The van der Waals surface area contributed by atoms with Crippen molar-refractivity contribution >= 4 is 5.82 Å². The van der Waals surface area contributed by atoms with Crippen molar-refractivity contribution in [3.05, 3.63) is 41.6 Å². The van der Waals surface area contributed by atoms with Gasteiger partial charge in [0, 0.05) is 24.7 Å². The number of hydrogen-bond acceptors (Lipinski definition) is 7. The Kier molecular flexibility index (Phi) is 6.52. The number of nitrogens with two attached hydrogens (primary N) is 2. The summed E-state index contributed by atoms with van der Waals surface area (Å²) in [7, 11) is 1.69. The molecule has 3 atom stereocenters. The number of fused-ring (bicyclic) bond motifs is 1. The lowest BCUT2D eigenvalue weighted by atomic mass is 10.0. The molecule has 0 aliphatic carbocycles. The van der Waals surface area contributed by atoms with Gasteiger partial charge in [-0.15, -0.1) is 0 Å². The van der Waals surface area contributed by atoms with Gasteiger partial charge in [0.1, 0.15) is 17.9 Å². The summed E-state index contributed by atoms with van der Waals surface area (Å²) in [6.07, 6.45) is 3.73. The molecule has 31 heavy (non-hydrogen) atoms. The highest BCUT2D eigenvalue weighted by atomic mass is 16.5. The maximum absolute atomic E-state index is 6.93. The van der Waals surface area contributed by atoms with E-state index in [1.165, 1.54) is 31.5 Å². The maximum atomic E-state index is 6.93. The van der Waals surface area contributed by atoms with Gasteiger partial charge >= 0.3 is 0 Å². The van der Waals surface area contributed by atoms with Gasteiger partial charge in [-0.2, -0.15) is 5.10 Å². The van der Waals surface area contributed by atoms with Crippen LogP contribution < -0.4 is 21.1 Å². The van der Waals surface area contributed by atoms with E-state index in [9.17, 15) is 0 Å². The predicted octanol–water partition coefficient (Wildman–Crippen LogP) is 2.65. The predicted molar refractivity (Wildman–Crippen MR) is 124 cm³/mol. The number of aromatic nitrogens is 2. The average molecular weight is 428 g/mol. The van der Waals surface area contributed by atoms with Gasteiger partial charge in [0.2, 0.25) is 0 Å². The van der Waals surface area contributed by atoms with Crippen LogP contribution in [0.1, 0.15) is 63.0 Å². The summed E-state index contributed by atoms with van der Waals surface area (Å²) in [6.45, 7) is 10.7. The van der Waals surface area contributed by atoms with Gasteiger partial charge in [-0.3, -0.25) is 11.5 Å². The second-order valence-corrected chi connectivity index (χ2v) is 8.99. The van der Waals surface area contributed by atoms with Crippen LogP contribution in [0.5, 0.6) is 5.75 Å². The van der Waals surface area contributed by atoms with Gasteiger partial charge in [-0.1, -0.05) is 26.0 Å². The van der Waals surface area contributed by atoms with Crippen molar-refractivity contribution in [2.75, 3.05) is 38.2 Å².